The second kappa shape index (κ2) is 10.7. The van der Waals surface area contributed by atoms with E-state index in [1.54, 1.807) is 12.1 Å². The van der Waals surface area contributed by atoms with Crippen molar-refractivity contribution in [3.05, 3.63) is 154 Å². The van der Waals surface area contributed by atoms with Gasteiger partial charge in [0.25, 0.3) is 0 Å². The van der Waals surface area contributed by atoms with Gasteiger partial charge in [0, 0.05) is 0 Å². The molecule has 1 aliphatic rings. The van der Waals surface area contributed by atoms with E-state index in [1.165, 1.54) is 34.6 Å². The van der Waals surface area contributed by atoms with Crippen LogP contribution in [-0.4, -0.2) is 9.97 Å². The third-order valence-electron chi connectivity index (χ3n) is 7.61. The molecule has 0 unspecified atom stereocenters. The van der Waals surface area contributed by atoms with Crippen molar-refractivity contribution in [2.24, 2.45) is 0 Å². The van der Waals surface area contributed by atoms with Crippen LogP contribution >= 0.6 is 23.2 Å². The molecule has 8 heteroatoms. The van der Waals surface area contributed by atoms with Gasteiger partial charge in [-0.15, -0.1) is 0 Å². The van der Waals surface area contributed by atoms with Gasteiger partial charge in [0.05, 0.1) is 29.2 Å². The first-order chi connectivity index (χ1) is 20.9. The van der Waals surface area contributed by atoms with Crippen molar-refractivity contribution in [1.29, 1.82) is 0 Å². The van der Waals surface area contributed by atoms with E-state index in [2.05, 4.69) is 82.8 Å². The number of rotatable bonds is 6. The van der Waals surface area contributed by atoms with Crippen molar-refractivity contribution < 1.29 is 9.47 Å². The van der Waals surface area contributed by atoms with Crippen LogP contribution in [0.25, 0.3) is 11.1 Å². The summed E-state index contributed by atoms with van der Waals surface area (Å²) in [6, 6.07) is 36.4. The Morgan fingerprint density at radius 3 is 1.33 bits per heavy atom. The number of nitrogens with zero attached hydrogens (tertiary/aromatic N) is 2. The Morgan fingerprint density at radius 2 is 0.930 bits per heavy atom. The summed E-state index contributed by atoms with van der Waals surface area (Å²) in [6.07, 6.45) is 3.03. The molecule has 1 aliphatic carbocycles. The normalized spacial score (nSPS) is 12.8. The summed E-state index contributed by atoms with van der Waals surface area (Å²) in [5.74, 6) is 1.80. The maximum atomic E-state index is 6.31. The van der Waals surface area contributed by atoms with Crippen LogP contribution in [-0.2, 0) is 5.41 Å². The largest absolute Gasteiger partial charge is 0.438 e. The molecule has 210 valence electrons. The standard InChI is InChI=1S/C35H24Cl2N4O2/c36-31-17-23(38)19-40-33(31)42-25-13-9-21(10-14-25)35(29-7-3-1-5-27(29)28-6-2-4-8-30(28)35)22-11-15-26(16-12-22)43-34-32(37)18-24(39)20-41-34/h1-20H,38-39H2. The smallest absolute Gasteiger partial charge is 0.238 e. The first-order valence-electron chi connectivity index (χ1n) is 13.5. The number of pyridine rings is 2. The fourth-order valence-electron chi connectivity index (χ4n) is 5.82. The zero-order valence-corrected chi connectivity index (χ0v) is 24.2. The van der Waals surface area contributed by atoms with Crippen LogP contribution in [0.1, 0.15) is 22.3 Å². The minimum atomic E-state index is -0.599. The van der Waals surface area contributed by atoms with Crippen molar-refractivity contribution in [2.45, 2.75) is 5.41 Å². The van der Waals surface area contributed by atoms with Crippen LogP contribution in [0.2, 0.25) is 10.0 Å². The van der Waals surface area contributed by atoms with E-state index in [9.17, 15) is 0 Å². The number of halogens is 2. The van der Waals surface area contributed by atoms with Crippen molar-refractivity contribution in [2.75, 3.05) is 11.5 Å². The molecular formula is C35H24Cl2N4O2. The minimum Gasteiger partial charge on any atom is -0.438 e. The molecule has 7 rings (SSSR count). The van der Waals surface area contributed by atoms with Crippen LogP contribution in [0.3, 0.4) is 0 Å². The molecule has 0 bridgehead atoms. The fraction of sp³-hybridized carbons (Fsp3) is 0.0286. The number of fused-ring (bicyclic) bond motifs is 3. The number of hydrogen-bond acceptors (Lipinski definition) is 6. The van der Waals surface area contributed by atoms with E-state index in [0.717, 1.165) is 11.1 Å². The summed E-state index contributed by atoms with van der Waals surface area (Å²) < 4.78 is 12.0. The average Bonchev–Trinajstić information content (AvgIpc) is 3.32. The van der Waals surface area contributed by atoms with Gasteiger partial charge in [-0.3, -0.25) is 0 Å². The zero-order valence-electron chi connectivity index (χ0n) is 22.7. The van der Waals surface area contributed by atoms with Crippen molar-refractivity contribution in [1.82, 2.24) is 9.97 Å². The molecule has 0 saturated carbocycles. The lowest BCUT2D eigenvalue weighted by atomic mass is 9.68. The van der Waals surface area contributed by atoms with Crippen LogP contribution in [0.4, 0.5) is 11.4 Å². The Kier molecular flexibility index (Phi) is 6.65. The highest BCUT2D eigenvalue weighted by atomic mass is 35.5. The Balaban J connectivity index is 1.34. The predicted octanol–water partition coefficient (Wildman–Crippen LogP) is 8.90. The lowest BCUT2D eigenvalue weighted by molar-refractivity contribution is 0.463. The van der Waals surface area contributed by atoms with E-state index in [0.29, 0.717) is 44.7 Å². The number of aromatic nitrogens is 2. The summed E-state index contributed by atoms with van der Waals surface area (Å²) in [6.45, 7) is 0. The van der Waals surface area contributed by atoms with Gasteiger partial charge < -0.3 is 20.9 Å². The van der Waals surface area contributed by atoms with E-state index in [-0.39, 0.29) is 0 Å². The van der Waals surface area contributed by atoms with Gasteiger partial charge in [0.15, 0.2) is 0 Å². The lowest BCUT2D eigenvalue weighted by Gasteiger charge is -2.34. The van der Waals surface area contributed by atoms with Gasteiger partial charge in [0.2, 0.25) is 11.8 Å². The van der Waals surface area contributed by atoms with Crippen LogP contribution in [0.15, 0.2) is 122 Å². The quantitative estimate of drug-likeness (QED) is 0.197. The Hall–Kier alpha value is -5.04. The molecule has 6 nitrogen and oxygen atoms in total. The number of nitrogen functional groups attached to an aromatic ring is 2. The molecule has 0 atom stereocenters. The highest BCUT2D eigenvalue weighted by Crippen LogP contribution is 2.56. The summed E-state index contributed by atoms with van der Waals surface area (Å²) in [5.41, 5.74) is 18.8. The van der Waals surface area contributed by atoms with E-state index in [4.69, 9.17) is 44.1 Å². The molecule has 6 aromatic rings. The highest BCUT2D eigenvalue weighted by molar-refractivity contribution is 6.32. The number of ether oxygens (including phenoxy) is 2. The lowest BCUT2D eigenvalue weighted by Crippen LogP contribution is -2.28. The average molecular weight is 604 g/mol. The van der Waals surface area contributed by atoms with Crippen LogP contribution in [0, 0.1) is 0 Å². The van der Waals surface area contributed by atoms with Crippen molar-refractivity contribution in [3.8, 4) is 34.4 Å². The van der Waals surface area contributed by atoms with Gasteiger partial charge in [-0.2, -0.15) is 0 Å². The van der Waals surface area contributed by atoms with Gasteiger partial charge >= 0.3 is 0 Å². The van der Waals surface area contributed by atoms with Crippen LogP contribution in [0.5, 0.6) is 23.3 Å². The Bertz CT molecular complexity index is 1830. The molecule has 4 N–H and O–H groups in total. The van der Waals surface area contributed by atoms with E-state index in [1.807, 2.05) is 24.3 Å². The molecule has 4 aromatic carbocycles. The second-order valence-electron chi connectivity index (χ2n) is 10.2. The number of nitrogens with two attached hydrogens (primary N) is 2. The molecule has 2 heterocycles. The number of hydrogen-bond donors (Lipinski definition) is 2. The molecule has 0 radical (unpaired) electrons. The van der Waals surface area contributed by atoms with Gasteiger partial charge in [-0.1, -0.05) is 96.0 Å². The monoisotopic (exact) mass is 602 g/mol. The molecule has 0 spiro atoms. The van der Waals surface area contributed by atoms with Crippen molar-refractivity contribution >= 4 is 34.6 Å². The summed E-state index contributed by atoms with van der Waals surface area (Å²) in [7, 11) is 0. The Morgan fingerprint density at radius 1 is 0.535 bits per heavy atom. The zero-order chi connectivity index (χ0) is 29.6. The summed E-state index contributed by atoms with van der Waals surface area (Å²) in [5, 5.41) is 0.689. The molecule has 0 fully saturated rings. The SMILES string of the molecule is Nc1cnc(Oc2ccc(C3(c4ccc(Oc5ncc(N)cc5Cl)cc4)c4ccccc4-c4ccccc43)cc2)c(Cl)c1. The molecule has 0 amide bonds. The van der Waals surface area contributed by atoms with Crippen LogP contribution < -0.4 is 20.9 Å². The molecular weight excluding hydrogens is 579 g/mol. The van der Waals surface area contributed by atoms with Gasteiger partial charge in [0.1, 0.15) is 21.5 Å². The first kappa shape index (κ1) is 26.8. The predicted molar refractivity (Wildman–Crippen MR) is 171 cm³/mol. The topological polar surface area (TPSA) is 96.3 Å². The number of anilines is 2. The maximum absolute atomic E-state index is 6.31. The van der Waals surface area contributed by atoms with Gasteiger partial charge in [-0.25, -0.2) is 9.97 Å². The summed E-state index contributed by atoms with van der Waals surface area (Å²) >= 11 is 12.6. The summed E-state index contributed by atoms with van der Waals surface area (Å²) in [4.78, 5) is 8.46. The highest BCUT2D eigenvalue weighted by Gasteiger charge is 2.45. The first-order valence-corrected chi connectivity index (χ1v) is 14.3. The molecule has 0 aliphatic heterocycles. The van der Waals surface area contributed by atoms with Crippen molar-refractivity contribution in [3.63, 3.8) is 0 Å². The fourth-order valence-corrected chi connectivity index (χ4v) is 6.25. The minimum absolute atomic E-state index is 0.293. The second-order valence-corrected chi connectivity index (χ2v) is 11.0. The molecule has 2 aromatic heterocycles. The third-order valence-corrected chi connectivity index (χ3v) is 8.15. The van der Waals surface area contributed by atoms with E-state index >= 15 is 0 Å². The molecule has 0 saturated heterocycles. The maximum Gasteiger partial charge on any atom is 0.238 e. The third kappa shape index (κ3) is 4.61. The number of benzene rings is 4. The molecule has 43 heavy (non-hydrogen) atoms. The van der Waals surface area contributed by atoms with E-state index < -0.39 is 5.41 Å². The Labute approximate surface area is 258 Å². The van der Waals surface area contributed by atoms with Gasteiger partial charge in [-0.05, 0) is 69.8 Å².